The Balaban J connectivity index is 0.00000192. The van der Waals surface area contributed by atoms with Crippen LogP contribution < -0.4 is 0 Å². The van der Waals surface area contributed by atoms with E-state index in [1.165, 1.54) is 0 Å². The number of hydrogen-bond acceptors (Lipinski definition) is 3. The maximum absolute atomic E-state index is 11.8. The molecule has 0 saturated heterocycles. The van der Waals surface area contributed by atoms with E-state index < -0.39 is 12.1 Å². The molecule has 23 heavy (non-hydrogen) atoms. The number of carboxylic acid groups (broad SMARTS) is 1. The van der Waals surface area contributed by atoms with Gasteiger partial charge in [-0.15, -0.1) is 12.4 Å². The van der Waals surface area contributed by atoms with E-state index in [-0.39, 0.29) is 18.1 Å². The number of rotatable bonds is 4. The highest BCUT2D eigenvalue weighted by atomic mass is 35.5. The molecule has 6 heteroatoms. The molecular formula is C17H17ClN2O3. The normalized spacial score (nSPS) is 11.9. The summed E-state index contributed by atoms with van der Waals surface area (Å²) in [5.74, 6) is -0.973. The molecule has 120 valence electrons. The van der Waals surface area contributed by atoms with E-state index in [0.29, 0.717) is 5.56 Å². The summed E-state index contributed by atoms with van der Waals surface area (Å²) in [4.78, 5) is 15.9. The highest BCUT2D eigenvalue weighted by molar-refractivity contribution is 5.98. The van der Waals surface area contributed by atoms with Crippen LogP contribution in [-0.2, 0) is 11.8 Å². The Morgan fingerprint density at radius 2 is 2.00 bits per heavy atom. The second-order valence-corrected chi connectivity index (χ2v) is 5.05. The lowest BCUT2D eigenvalue weighted by Gasteiger charge is -2.16. The average molecular weight is 333 g/mol. The predicted octanol–water partition coefficient (Wildman–Crippen LogP) is 3.43. The molecule has 0 radical (unpaired) electrons. The molecule has 0 aliphatic carbocycles. The highest BCUT2D eigenvalue weighted by Gasteiger charge is 2.27. The number of nitrogens with zero attached hydrogens (tertiary/aromatic N) is 2. The molecule has 5 nitrogen and oxygen atoms in total. The summed E-state index contributed by atoms with van der Waals surface area (Å²) in [5, 5.41) is 10.5. The summed E-state index contributed by atoms with van der Waals surface area (Å²) >= 11 is 0. The zero-order chi connectivity index (χ0) is 15.7. The molecule has 0 fully saturated rings. The first kappa shape index (κ1) is 17.0. The Morgan fingerprint density at radius 1 is 1.26 bits per heavy atom. The minimum atomic E-state index is -0.973. The third-order valence-corrected chi connectivity index (χ3v) is 3.83. The van der Waals surface area contributed by atoms with Crippen LogP contribution in [-0.4, -0.2) is 27.7 Å². The van der Waals surface area contributed by atoms with Gasteiger partial charge >= 0.3 is 5.97 Å². The Bertz CT molecular complexity index is 830. The van der Waals surface area contributed by atoms with Crippen molar-refractivity contribution in [1.82, 2.24) is 9.55 Å². The summed E-state index contributed by atoms with van der Waals surface area (Å²) in [6.07, 6.45) is 2.89. The van der Waals surface area contributed by atoms with Crippen molar-refractivity contribution in [3.05, 3.63) is 65.6 Å². The minimum absolute atomic E-state index is 0. The van der Waals surface area contributed by atoms with Gasteiger partial charge in [-0.25, -0.2) is 4.79 Å². The van der Waals surface area contributed by atoms with E-state index in [2.05, 4.69) is 4.98 Å². The van der Waals surface area contributed by atoms with Crippen molar-refractivity contribution in [2.24, 2.45) is 7.05 Å². The maximum atomic E-state index is 11.8. The molecule has 0 bridgehead atoms. The quantitative estimate of drug-likeness (QED) is 0.795. The molecular weight excluding hydrogens is 316 g/mol. The van der Waals surface area contributed by atoms with Crippen LogP contribution in [0.15, 0.2) is 48.8 Å². The van der Waals surface area contributed by atoms with Crippen LogP contribution in [0.2, 0.25) is 0 Å². The molecule has 0 saturated carbocycles. The van der Waals surface area contributed by atoms with Gasteiger partial charge in [-0.2, -0.15) is 0 Å². The van der Waals surface area contributed by atoms with E-state index in [0.717, 1.165) is 16.5 Å². The molecule has 1 N–H and O–H groups in total. The summed E-state index contributed by atoms with van der Waals surface area (Å²) in [5.41, 5.74) is 2.57. The number of halogens is 1. The number of benzene rings is 1. The van der Waals surface area contributed by atoms with Gasteiger partial charge in [-0.3, -0.25) is 4.98 Å². The number of methoxy groups -OCH3 is 1. The van der Waals surface area contributed by atoms with Gasteiger partial charge in [0.05, 0.1) is 0 Å². The Morgan fingerprint density at radius 3 is 2.61 bits per heavy atom. The Kier molecular flexibility index (Phi) is 5.03. The fraction of sp³-hybridized carbons (Fsp3) is 0.176. The molecule has 0 amide bonds. The summed E-state index contributed by atoms with van der Waals surface area (Å²) < 4.78 is 7.31. The number of pyridine rings is 1. The minimum Gasteiger partial charge on any atom is -0.477 e. The molecule has 2 heterocycles. The van der Waals surface area contributed by atoms with Gasteiger partial charge in [0.25, 0.3) is 0 Å². The Hall–Kier alpha value is -2.37. The van der Waals surface area contributed by atoms with Crippen molar-refractivity contribution in [1.29, 1.82) is 0 Å². The molecule has 1 unspecified atom stereocenters. The third kappa shape index (κ3) is 2.81. The molecule has 1 aromatic carbocycles. The van der Waals surface area contributed by atoms with Crippen LogP contribution in [0.5, 0.6) is 0 Å². The van der Waals surface area contributed by atoms with Gasteiger partial charge in [-0.1, -0.05) is 24.3 Å². The number of carbonyl (C=O) groups is 1. The SMILES string of the molecule is COC(c1cccnc1)c1c(C(=O)O)n(C)c2ccccc12.Cl. The summed E-state index contributed by atoms with van der Waals surface area (Å²) in [7, 11) is 3.33. The number of aryl methyl sites for hydroxylation is 1. The number of ether oxygens (including phenoxy) is 1. The van der Waals surface area contributed by atoms with Gasteiger partial charge in [-0.05, 0) is 12.1 Å². The molecule has 0 aliphatic rings. The topological polar surface area (TPSA) is 64.3 Å². The van der Waals surface area contributed by atoms with Crippen molar-refractivity contribution in [3.63, 3.8) is 0 Å². The van der Waals surface area contributed by atoms with Crippen molar-refractivity contribution in [2.75, 3.05) is 7.11 Å². The van der Waals surface area contributed by atoms with Gasteiger partial charge < -0.3 is 14.4 Å². The molecule has 0 aliphatic heterocycles. The zero-order valence-corrected chi connectivity index (χ0v) is 13.6. The van der Waals surface area contributed by atoms with Crippen molar-refractivity contribution in [3.8, 4) is 0 Å². The number of hydrogen-bond donors (Lipinski definition) is 1. The number of aromatic nitrogens is 2. The van der Waals surface area contributed by atoms with E-state index in [1.54, 1.807) is 31.1 Å². The largest absolute Gasteiger partial charge is 0.477 e. The summed E-state index contributed by atoms with van der Waals surface area (Å²) in [6.45, 7) is 0. The first-order valence-electron chi connectivity index (χ1n) is 6.88. The zero-order valence-electron chi connectivity index (χ0n) is 12.8. The summed E-state index contributed by atoms with van der Waals surface area (Å²) in [6, 6.07) is 11.3. The lowest BCUT2D eigenvalue weighted by atomic mass is 9.99. The van der Waals surface area contributed by atoms with Crippen LogP contribution >= 0.6 is 12.4 Å². The fourth-order valence-corrected chi connectivity index (χ4v) is 2.90. The number of carboxylic acids is 1. The van der Waals surface area contributed by atoms with Crippen molar-refractivity contribution >= 4 is 29.3 Å². The first-order chi connectivity index (χ1) is 10.6. The smallest absolute Gasteiger partial charge is 0.352 e. The van der Waals surface area contributed by atoms with Crippen molar-refractivity contribution in [2.45, 2.75) is 6.10 Å². The van der Waals surface area contributed by atoms with E-state index in [9.17, 15) is 9.90 Å². The molecule has 3 aromatic rings. The lowest BCUT2D eigenvalue weighted by Crippen LogP contribution is -2.12. The molecule has 0 spiro atoms. The molecule has 1 atom stereocenters. The van der Waals surface area contributed by atoms with E-state index in [4.69, 9.17) is 4.74 Å². The van der Waals surface area contributed by atoms with Gasteiger partial charge in [0.1, 0.15) is 11.8 Å². The van der Waals surface area contributed by atoms with Crippen LogP contribution in [0.1, 0.15) is 27.7 Å². The van der Waals surface area contributed by atoms with E-state index >= 15 is 0 Å². The lowest BCUT2D eigenvalue weighted by molar-refractivity contribution is 0.0677. The van der Waals surface area contributed by atoms with E-state index in [1.807, 2.05) is 36.4 Å². The van der Waals surface area contributed by atoms with Gasteiger partial charge in [0.2, 0.25) is 0 Å². The van der Waals surface area contributed by atoms with Crippen LogP contribution in [0, 0.1) is 0 Å². The van der Waals surface area contributed by atoms with Crippen LogP contribution in [0.4, 0.5) is 0 Å². The number of aromatic carboxylic acids is 1. The molecule has 2 aromatic heterocycles. The second kappa shape index (κ2) is 6.81. The number of fused-ring (bicyclic) bond motifs is 1. The van der Waals surface area contributed by atoms with Crippen LogP contribution in [0.25, 0.3) is 10.9 Å². The Labute approximate surface area is 139 Å². The molecule has 3 rings (SSSR count). The van der Waals surface area contributed by atoms with Gasteiger partial charge in [0.15, 0.2) is 0 Å². The van der Waals surface area contributed by atoms with Crippen molar-refractivity contribution < 1.29 is 14.6 Å². The highest BCUT2D eigenvalue weighted by Crippen LogP contribution is 2.35. The second-order valence-electron chi connectivity index (χ2n) is 5.05. The first-order valence-corrected chi connectivity index (χ1v) is 6.88. The monoisotopic (exact) mass is 332 g/mol. The fourth-order valence-electron chi connectivity index (χ4n) is 2.90. The predicted molar refractivity (Wildman–Crippen MR) is 90.2 cm³/mol. The van der Waals surface area contributed by atoms with Gasteiger partial charge in [0, 0.05) is 48.6 Å². The maximum Gasteiger partial charge on any atom is 0.352 e. The standard InChI is InChI=1S/C17H16N2O3.ClH/c1-19-13-8-4-3-7-12(13)14(15(19)17(20)21)16(22-2)11-6-5-9-18-10-11;/h3-10,16H,1-2H3,(H,20,21);1H. The van der Waals surface area contributed by atoms with Crippen LogP contribution in [0.3, 0.4) is 0 Å². The number of para-hydroxylation sites is 1. The third-order valence-electron chi connectivity index (χ3n) is 3.83. The average Bonchev–Trinajstić information content (AvgIpc) is 2.83.